The summed E-state index contributed by atoms with van der Waals surface area (Å²) in [6, 6.07) is 12.9. The van der Waals surface area contributed by atoms with E-state index in [2.05, 4.69) is 9.88 Å². The van der Waals surface area contributed by atoms with Gasteiger partial charge in [0.2, 0.25) is 0 Å². The Kier molecular flexibility index (Phi) is 5.51. The van der Waals surface area contributed by atoms with Gasteiger partial charge < -0.3 is 14.6 Å². The number of fused-ring (bicyclic) bond motifs is 1. The number of halogens is 2. The van der Waals surface area contributed by atoms with E-state index in [0.717, 1.165) is 28.6 Å². The van der Waals surface area contributed by atoms with E-state index in [4.69, 9.17) is 16.3 Å². The third kappa shape index (κ3) is 3.96. The van der Waals surface area contributed by atoms with Crippen molar-refractivity contribution in [2.75, 3.05) is 20.3 Å². The Morgan fingerprint density at radius 3 is 2.71 bits per heavy atom. The van der Waals surface area contributed by atoms with E-state index in [1.54, 1.807) is 19.2 Å². The van der Waals surface area contributed by atoms with E-state index in [-0.39, 0.29) is 5.82 Å². The van der Waals surface area contributed by atoms with Crippen LogP contribution in [0.3, 0.4) is 0 Å². The zero-order valence-corrected chi connectivity index (χ0v) is 14.3. The standard InChI is InChI=1S/C19H20ClFN2O/c1-24-9-7-22-12-15-10-17(21)11-19-18(15)6-8-23(19)13-14-2-4-16(20)5-3-14/h2-6,8,10-11,22H,7,9,12-13H2,1H3. The van der Waals surface area contributed by atoms with Crippen molar-refractivity contribution in [2.24, 2.45) is 0 Å². The molecule has 0 radical (unpaired) electrons. The molecule has 1 aromatic heterocycles. The highest BCUT2D eigenvalue weighted by Crippen LogP contribution is 2.23. The molecule has 1 N–H and O–H groups in total. The Balaban J connectivity index is 1.85. The first-order valence-electron chi connectivity index (χ1n) is 7.89. The highest BCUT2D eigenvalue weighted by Gasteiger charge is 2.09. The minimum atomic E-state index is -0.220. The molecule has 0 saturated heterocycles. The monoisotopic (exact) mass is 346 g/mol. The summed E-state index contributed by atoms with van der Waals surface area (Å²) in [7, 11) is 1.67. The van der Waals surface area contributed by atoms with Crippen LogP contribution in [0.2, 0.25) is 5.02 Å². The van der Waals surface area contributed by atoms with E-state index < -0.39 is 0 Å². The fraction of sp³-hybridized carbons (Fsp3) is 0.263. The minimum Gasteiger partial charge on any atom is -0.383 e. The maximum Gasteiger partial charge on any atom is 0.125 e. The molecule has 0 spiro atoms. The molecule has 2 aromatic carbocycles. The van der Waals surface area contributed by atoms with E-state index in [1.165, 1.54) is 0 Å². The lowest BCUT2D eigenvalue weighted by molar-refractivity contribution is 0.199. The van der Waals surface area contributed by atoms with Crippen LogP contribution in [-0.2, 0) is 17.8 Å². The summed E-state index contributed by atoms with van der Waals surface area (Å²) in [5.74, 6) is -0.220. The van der Waals surface area contributed by atoms with Crippen LogP contribution in [0.1, 0.15) is 11.1 Å². The second-order valence-electron chi connectivity index (χ2n) is 5.74. The van der Waals surface area contributed by atoms with Gasteiger partial charge >= 0.3 is 0 Å². The predicted octanol–water partition coefficient (Wildman–Crippen LogP) is 4.22. The molecule has 0 bridgehead atoms. The summed E-state index contributed by atoms with van der Waals surface area (Å²) < 4.78 is 21.1. The Morgan fingerprint density at radius 1 is 1.17 bits per heavy atom. The van der Waals surface area contributed by atoms with E-state index in [1.807, 2.05) is 36.5 Å². The van der Waals surface area contributed by atoms with Crippen molar-refractivity contribution in [2.45, 2.75) is 13.1 Å². The lowest BCUT2D eigenvalue weighted by Gasteiger charge is -2.09. The first-order valence-corrected chi connectivity index (χ1v) is 8.26. The topological polar surface area (TPSA) is 26.2 Å². The zero-order valence-electron chi connectivity index (χ0n) is 13.6. The average Bonchev–Trinajstić information content (AvgIpc) is 2.96. The molecule has 0 aliphatic heterocycles. The van der Waals surface area contributed by atoms with Gasteiger partial charge in [-0.2, -0.15) is 0 Å². The fourth-order valence-electron chi connectivity index (χ4n) is 2.80. The normalized spacial score (nSPS) is 11.3. The van der Waals surface area contributed by atoms with Crippen LogP contribution in [0.4, 0.5) is 4.39 Å². The maximum absolute atomic E-state index is 14.0. The van der Waals surface area contributed by atoms with Crippen LogP contribution in [-0.4, -0.2) is 24.8 Å². The third-order valence-corrected chi connectivity index (χ3v) is 4.26. The summed E-state index contributed by atoms with van der Waals surface area (Å²) in [5.41, 5.74) is 2.98. The van der Waals surface area contributed by atoms with Crippen molar-refractivity contribution in [1.29, 1.82) is 0 Å². The Labute approximate surface area is 146 Å². The van der Waals surface area contributed by atoms with Crippen LogP contribution >= 0.6 is 11.6 Å². The van der Waals surface area contributed by atoms with Crippen molar-refractivity contribution in [3.8, 4) is 0 Å². The number of benzene rings is 2. The van der Waals surface area contributed by atoms with E-state index >= 15 is 0 Å². The zero-order chi connectivity index (χ0) is 16.9. The van der Waals surface area contributed by atoms with Gasteiger partial charge in [-0.1, -0.05) is 23.7 Å². The number of aromatic nitrogens is 1. The molecule has 3 rings (SSSR count). The molecule has 0 aliphatic carbocycles. The quantitative estimate of drug-likeness (QED) is 0.648. The number of rotatable bonds is 7. The van der Waals surface area contributed by atoms with E-state index in [0.29, 0.717) is 24.7 Å². The summed E-state index contributed by atoms with van der Waals surface area (Å²) in [5, 5.41) is 5.05. The summed E-state index contributed by atoms with van der Waals surface area (Å²) in [6.45, 7) is 2.67. The van der Waals surface area contributed by atoms with E-state index in [9.17, 15) is 4.39 Å². The number of nitrogens with one attached hydrogen (secondary N) is 1. The lowest BCUT2D eigenvalue weighted by atomic mass is 10.1. The Morgan fingerprint density at radius 2 is 1.96 bits per heavy atom. The first kappa shape index (κ1) is 17.0. The molecule has 1 heterocycles. The molecule has 0 amide bonds. The van der Waals surface area contributed by atoms with Gasteiger partial charge in [0, 0.05) is 43.3 Å². The molecule has 126 valence electrons. The number of methoxy groups -OCH3 is 1. The second-order valence-corrected chi connectivity index (χ2v) is 6.17. The molecule has 3 nitrogen and oxygen atoms in total. The Hall–Kier alpha value is -1.88. The first-order chi connectivity index (χ1) is 11.7. The van der Waals surface area contributed by atoms with Crippen molar-refractivity contribution < 1.29 is 9.13 Å². The molecule has 24 heavy (non-hydrogen) atoms. The average molecular weight is 347 g/mol. The largest absolute Gasteiger partial charge is 0.383 e. The van der Waals surface area contributed by atoms with Crippen LogP contribution in [0.25, 0.3) is 10.9 Å². The van der Waals surface area contributed by atoms with Crippen LogP contribution in [0, 0.1) is 5.82 Å². The summed E-state index contributed by atoms with van der Waals surface area (Å²) in [6.07, 6.45) is 2.00. The van der Waals surface area contributed by atoms with Gasteiger partial charge in [0.05, 0.1) is 12.1 Å². The van der Waals surface area contributed by atoms with Crippen LogP contribution in [0.5, 0.6) is 0 Å². The lowest BCUT2D eigenvalue weighted by Crippen LogP contribution is -2.18. The number of nitrogens with zero attached hydrogens (tertiary/aromatic N) is 1. The number of ether oxygens (including phenoxy) is 1. The molecule has 0 aliphatic rings. The Bertz CT molecular complexity index is 814. The molecule has 0 atom stereocenters. The SMILES string of the molecule is COCCNCc1cc(F)cc2c1ccn2Cc1ccc(Cl)cc1. The van der Waals surface area contributed by atoms with Gasteiger partial charge in [0.15, 0.2) is 0 Å². The third-order valence-electron chi connectivity index (χ3n) is 4.00. The second kappa shape index (κ2) is 7.79. The highest BCUT2D eigenvalue weighted by atomic mass is 35.5. The molecule has 0 fully saturated rings. The van der Waals surface area contributed by atoms with Crippen LogP contribution in [0.15, 0.2) is 48.7 Å². The highest BCUT2D eigenvalue weighted by molar-refractivity contribution is 6.30. The number of hydrogen-bond donors (Lipinski definition) is 1. The van der Waals surface area contributed by atoms with Crippen molar-refractivity contribution in [3.63, 3.8) is 0 Å². The predicted molar refractivity (Wildman–Crippen MR) is 96.0 cm³/mol. The molecular weight excluding hydrogens is 327 g/mol. The van der Waals surface area contributed by atoms with Gasteiger partial charge in [0.25, 0.3) is 0 Å². The summed E-state index contributed by atoms with van der Waals surface area (Å²) in [4.78, 5) is 0. The molecule has 0 saturated carbocycles. The molecular formula is C19H20ClFN2O. The summed E-state index contributed by atoms with van der Waals surface area (Å²) >= 11 is 5.93. The van der Waals surface area contributed by atoms with Gasteiger partial charge in [-0.05, 0) is 41.5 Å². The molecule has 0 unspecified atom stereocenters. The van der Waals surface area contributed by atoms with Crippen molar-refractivity contribution >= 4 is 22.5 Å². The maximum atomic E-state index is 14.0. The van der Waals surface area contributed by atoms with Gasteiger partial charge in [0.1, 0.15) is 5.82 Å². The van der Waals surface area contributed by atoms with Gasteiger partial charge in [-0.15, -0.1) is 0 Å². The molecule has 5 heteroatoms. The smallest absolute Gasteiger partial charge is 0.125 e. The van der Waals surface area contributed by atoms with Gasteiger partial charge in [-0.25, -0.2) is 4.39 Å². The van der Waals surface area contributed by atoms with Gasteiger partial charge in [-0.3, -0.25) is 0 Å². The fourth-order valence-corrected chi connectivity index (χ4v) is 2.93. The van der Waals surface area contributed by atoms with Crippen molar-refractivity contribution in [1.82, 2.24) is 9.88 Å². The minimum absolute atomic E-state index is 0.220. The number of hydrogen-bond acceptors (Lipinski definition) is 2. The van der Waals surface area contributed by atoms with Crippen molar-refractivity contribution in [3.05, 3.63) is 70.6 Å². The molecule has 3 aromatic rings. The van der Waals surface area contributed by atoms with Crippen LogP contribution < -0.4 is 5.32 Å².